The number of aryl methyl sites for hydroxylation is 1. The second kappa shape index (κ2) is 6.83. The van der Waals surface area contributed by atoms with Crippen molar-refractivity contribution in [1.82, 2.24) is 40.0 Å². The smallest absolute Gasteiger partial charge is 0.321 e. The monoisotopic (exact) mass is 363 g/mol. The molecule has 0 atom stereocenters. The van der Waals surface area contributed by atoms with Gasteiger partial charge in [-0.2, -0.15) is 4.98 Å². The van der Waals surface area contributed by atoms with Crippen LogP contribution in [0.2, 0.25) is 0 Å². The highest BCUT2D eigenvalue weighted by atomic mass is 16.2. The van der Waals surface area contributed by atoms with E-state index >= 15 is 0 Å². The van der Waals surface area contributed by atoms with Gasteiger partial charge in [0, 0.05) is 19.2 Å². The highest BCUT2D eigenvalue weighted by Crippen LogP contribution is 2.29. The Labute approximate surface area is 154 Å². The summed E-state index contributed by atoms with van der Waals surface area (Å²) in [6.45, 7) is 2.34. The number of imidazole rings is 1. The Hall–Kier alpha value is -3.82. The maximum atomic E-state index is 11.9. The molecular weight excluding hydrogens is 346 g/mol. The summed E-state index contributed by atoms with van der Waals surface area (Å²) in [5.41, 5.74) is 2.67. The number of aromatic nitrogens is 7. The molecule has 27 heavy (non-hydrogen) atoms. The second-order valence-corrected chi connectivity index (χ2v) is 5.75. The third-order valence-corrected chi connectivity index (χ3v) is 3.96. The minimum absolute atomic E-state index is 0.194. The van der Waals surface area contributed by atoms with Gasteiger partial charge >= 0.3 is 6.03 Å². The molecule has 0 radical (unpaired) electrons. The van der Waals surface area contributed by atoms with Crippen LogP contribution in [0.5, 0.6) is 0 Å². The SMILES string of the molecule is CCNC(=O)Nc1nc(-c2ccccc2)c2nc(-c3nnc[nH]3)n(C)c2n1. The fourth-order valence-electron chi connectivity index (χ4n) is 2.75. The zero-order chi connectivity index (χ0) is 18.8. The summed E-state index contributed by atoms with van der Waals surface area (Å²) in [6.07, 6.45) is 1.49. The Morgan fingerprint density at radius 1 is 1.19 bits per heavy atom. The number of urea groups is 1. The highest BCUT2D eigenvalue weighted by Gasteiger charge is 2.20. The summed E-state index contributed by atoms with van der Waals surface area (Å²) in [5.74, 6) is 1.29. The number of aromatic amines is 1. The Kier molecular flexibility index (Phi) is 4.21. The first kappa shape index (κ1) is 16.6. The highest BCUT2D eigenvalue weighted by molar-refractivity contribution is 5.93. The number of anilines is 1. The molecule has 10 nitrogen and oxygen atoms in total. The van der Waals surface area contributed by atoms with Gasteiger partial charge in [0.2, 0.25) is 5.95 Å². The number of hydrogen-bond acceptors (Lipinski definition) is 6. The molecule has 0 bridgehead atoms. The van der Waals surface area contributed by atoms with Crippen molar-refractivity contribution in [3.05, 3.63) is 36.7 Å². The molecule has 10 heteroatoms. The lowest BCUT2D eigenvalue weighted by molar-refractivity contribution is 0.252. The van der Waals surface area contributed by atoms with E-state index in [1.807, 2.05) is 44.3 Å². The molecular formula is C17H17N9O. The third kappa shape index (κ3) is 3.08. The van der Waals surface area contributed by atoms with E-state index in [-0.39, 0.29) is 12.0 Å². The number of rotatable bonds is 4. The van der Waals surface area contributed by atoms with E-state index in [0.717, 1.165) is 5.56 Å². The summed E-state index contributed by atoms with van der Waals surface area (Å²) in [7, 11) is 1.82. The lowest BCUT2D eigenvalue weighted by Gasteiger charge is -2.08. The summed E-state index contributed by atoms with van der Waals surface area (Å²) >= 11 is 0. The van der Waals surface area contributed by atoms with E-state index in [1.165, 1.54) is 6.33 Å². The van der Waals surface area contributed by atoms with Crippen LogP contribution < -0.4 is 10.6 Å². The summed E-state index contributed by atoms with van der Waals surface area (Å²) in [6, 6.07) is 9.25. The average Bonchev–Trinajstić information content (AvgIpc) is 3.31. The van der Waals surface area contributed by atoms with Crippen LogP contribution in [0.4, 0.5) is 10.7 Å². The number of H-pyrrole nitrogens is 1. The Bertz CT molecular complexity index is 1090. The molecule has 0 saturated carbocycles. The van der Waals surface area contributed by atoms with Crippen LogP contribution in [0, 0.1) is 0 Å². The van der Waals surface area contributed by atoms with Gasteiger partial charge in [0.05, 0.1) is 0 Å². The van der Waals surface area contributed by atoms with Gasteiger partial charge in [-0.25, -0.2) is 14.8 Å². The Balaban J connectivity index is 1.92. The zero-order valence-electron chi connectivity index (χ0n) is 14.8. The van der Waals surface area contributed by atoms with Crippen LogP contribution in [-0.4, -0.2) is 47.3 Å². The Morgan fingerprint density at radius 2 is 2.00 bits per heavy atom. The summed E-state index contributed by atoms with van der Waals surface area (Å²) in [5, 5.41) is 13.2. The van der Waals surface area contributed by atoms with Gasteiger partial charge in [0.25, 0.3) is 0 Å². The first-order chi connectivity index (χ1) is 13.2. The van der Waals surface area contributed by atoms with Gasteiger partial charge in [0.1, 0.15) is 17.5 Å². The molecule has 3 heterocycles. The van der Waals surface area contributed by atoms with Crippen LogP contribution >= 0.6 is 0 Å². The Morgan fingerprint density at radius 3 is 2.70 bits per heavy atom. The number of hydrogen-bond donors (Lipinski definition) is 3. The standard InChI is InChI=1S/C17H17N9O/c1-3-18-17(27)24-16-22-11(10-7-5-4-6-8-10)12-14(23-16)26(2)15(21-12)13-19-9-20-25-13/h4-9H,3H2,1-2H3,(H,19,20,25)(H2,18,22,23,24,27). The molecule has 0 saturated heterocycles. The predicted molar refractivity (Wildman–Crippen MR) is 99.8 cm³/mol. The van der Waals surface area contributed by atoms with Gasteiger partial charge < -0.3 is 14.9 Å². The van der Waals surface area contributed by atoms with Crippen molar-refractivity contribution in [2.45, 2.75) is 6.92 Å². The minimum atomic E-state index is -0.367. The van der Waals surface area contributed by atoms with E-state index in [1.54, 1.807) is 4.57 Å². The lowest BCUT2D eigenvalue weighted by Crippen LogP contribution is -2.29. The minimum Gasteiger partial charge on any atom is -0.338 e. The van der Waals surface area contributed by atoms with Crippen LogP contribution in [-0.2, 0) is 7.05 Å². The molecule has 3 aromatic heterocycles. The fourth-order valence-corrected chi connectivity index (χ4v) is 2.75. The molecule has 1 aromatic carbocycles. The quantitative estimate of drug-likeness (QED) is 0.509. The van der Waals surface area contributed by atoms with Crippen LogP contribution in [0.3, 0.4) is 0 Å². The molecule has 0 aliphatic carbocycles. The topological polar surface area (TPSA) is 126 Å². The molecule has 0 spiro atoms. The number of amides is 2. The van der Waals surface area contributed by atoms with E-state index < -0.39 is 0 Å². The molecule has 4 aromatic rings. The number of benzene rings is 1. The van der Waals surface area contributed by atoms with E-state index in [9.17, 15) is 4.79 Å². The molecule has 136 valence electrons. The van der Waals surface area contributed by atoms with Crippen molar-refractivity contribution in [3.8, 4) is 22.9 Å². The van der Waals surface area contributed by atoms with Gasteiger partial charge in [-0.05, 0) is 6.92 Å². The van der Waals surface area contributed by atoms with Crippen LogP contribution in [0.15, 0.2) is 36.7 Å². The number of carbonyl (C=O) groups excluding carboxylic acids is 1. The molecule has 2 amide bonds. The van der Waals surface area contributed by atoms with E-state index in [4.69, 9.17) is 0 Å². The molecule has 3 N–H and O–H groups in total. The normalized spacial score (nSPS) is 10.9. The third-order valence-electron chi connectivity index (χ3n) is 3.96. The van der Waals surface area contributed by atoms with Gasteiger partial charge in [-0.15, -0.1) is 10.2 Å². The van der Waals surface area contributed by atoms with Crippen molar-refractivity contribution in [1.29, 1.82) is 0 Å². The van der Waals surface area contributed by atoms with Crippen molar-refractivity contribution >= 4 is 23.1 Å². The van der Waals surface area contributed by atoms with Crippen LogP contribution in [0.1, 0.15) is 6.92 Å². The van der Waals surface area contributed by atoms with Crippen molar-refractivity contribution in [3.63, 3.8) is 0 Å². The van der Waals surface area contributed by atoms with Gasteiger partial charge in [-0.1, -0.05) is 30.3 Å². The maximum Gasteiger partial charge on any atom is 0.321 e. The fraction of sp³-hybridized carbons (Fsp3) is 0.176. The van der Waals surface area contributed by atoms with Gasteiger partial charge in [0.15, 0.2) is 17.3 Å². The number of carbonyl (C=O) groups is 1. The van der Waals surface area contributed by atoms with Crippen molar-refractivity contribution < 1.29 is 4.79 Å². The lowest BCUT2D eigenvalue weighted by atomic mass is 10.1. The van der Waals surface area contributed by atoms with Gasteiger partial charge in [-0.3, -0.25) is 5.32 Å². The second-order valence-electron chi connectivity index (χ2n) is 5.75. The first-order valence-corrected chi connectivity index (χ1v) is 8.38. The summed E-state index contributed by atoms with van der Waals surface area (Å²) in [4.78, 5) is 28.5. The molecule has 0 unspecified atom stereocenters. The molecule has 0 fully saturated rings. The number of nitrogens with zero attached hydrogens (tertiary/aromatic N) is 6. The number of nitrogens with one attached hydrogen (secondary N) is 3. The van der Waals surface area contributed by atoms with Crippen LogP contribution in [0.25, 0.3) is 34.1 Å². The molecule has 4 rings (SSSR count). The maximum absolute atomic E-state index is 11.9. The molecule has 0 aliphatic heterocycles. The van der Waals surface area contributed by atoms with Crippen molar-refractivity contribution in [2.75, 3.05) is 11.9 Å². The summed E-state index contributed by atoms with van der Waals surface area (Å²) < 4.78 is 1.78. The average molecular weight is 363 g/mol. The largest absolute Gasteiger partial charge is 0.338 e. The first-order valence-electron chi connectivity index (χ1n) is 8.38. The van der Waals surface area contributed by atoms with E-state index in [0.29, 0.717) is 35.1 Å². The zero-order valence-corrected chi connectivity index (χ0v) is 14.8. The predicted octanol–water partition coefficient (Wildman–Crippen LogP) is 1.96. The van der Waals surface area contributed by atoms with Crippen molar-refractivity contribution in [2.24, 2.45) is 7.05 Å². The van der Waals surface area contributed by atoms with E-state index in [2.05, 4.69) is 40.8 Å². The molecule has 0 aliphatic rings. The number of fused-ring (bicyclic) bond motifs is 1.